The van der Waals surface area contributed by atoms with Gasteiger partial charge >= 0.3 is 6.09 Å². The smallest absolute Gasteiger partial charge is 0.408 e. The van der Waals surface area contributed by atoms with Crippen molar-refractivity contribution in [2.75, 3.05) is 19.0 Å². The number of amides is 3. The second kappa shape index (κ2) is 15.3. The molecule has 2 aromatic rings. The summed E-state index contributed by atoms with van der Waals surface area (Å²) < 4.78 is 10.7. The molecule has 0 bridgehead atoms. The number of carbonyl (C=O) groups excluding carboxylic acids is 3. The van der Waals surface area contributed by atoms with Gasteiger partial charge in [-0.1, -0.05) is 39.7 Å². The summed E-state index contributed by atoms with van der Waals surface area (Å²) in [6.07, 6.45) is 2.13. The fourth-order valence-corrected chi connectivity index (χ4v) is 4.45. The lowest BCUT2D eigenvalue weighted by atomic mass is 9.97. The van der Waals surface area contributed by atoms with Gasteiger partial charge in [0.2, 0.25) is 5.91 Å². The molecule has 41 heavy (non-hydrogen) atoms. The Morgan fingerprint density at radius 3 is 2.22 bits per heavy atom. The van der Waals surface area contributed by atoms with Crippen molar-refractivity contribution in [1.29, 1.82) is 0 Å². The minimum Gasteiger partial charge on any atom is -0.508 e. The van der Waals surface area contributed by atoms with Gasteiger partial charge in [-0.25, -0.2) is 4.79 Å². The third-order valence-electron chi connectivity index (χ3n) is 6.44. The molecule has 9 nitrogen and oxygen atoms in total. The first-order chi connectivity index (χ1) is 19.2. The standard InChI is InChI=1S/C32H47N3O6/c1-9-10-11-18-35(30(38)26(19-21(2)3)34-31(39)41-32(5,6)7)28(23-12-17-27(36)22(4)20-23)29(37)33-24-13-15-25(40-8)16-14-24/h12-17,20-21,26,28,36H,9-11,18-19H2,1-8H3,(H,33,37)(H,34,39). The molecule has 0 aliphatic rings. The van der Waals surface area contributed by atoms with Gasteiger partial charge in [0.25, 0.3) is 5.91 Å². The van der Waals surface area contributed by atoms with E-state index < -0.39 is 29.7 Å². The van der Waals surface area contributed by atoms with E-state index in [0.29, 0.717) is 42.0 Å². The van der Waals surface area contributed by atoms with Crippen LogP contribution >= 0.6 is 0 Å². The van der Waals surface area contributed by atoms with Crippen LogP contribution in [0.25, 0.3) is 0 Å². The van der Waals surface area contributed by atoms with E-state index in [2.05, 4.69) is 17.6 Å². The molecule has 226 valence electrons. The fraction of sp³-hybridized carbons (Fsp3) is 0.531. The molecule has 0 spiro atoms. The zero-order valence-corrected chi connectivity index (χ0v) is 25.7. The van der Waals surface area contributed by atoms with E-state index in [1.807, 2.05) is 13.8 Å². The van der Waals surface area contributed by atoms with Crippen molar-refractivity contribution in [3.8, 4) is 11.5 Å². The number of nitrogens with one attached hydrogen (secondary N) is 2. The minimum atomic E-state index is -1.02. The molecule has 2 atom stereocenters. The van der Waals surface area contributed by atoms with Crippen LogP contribution in [0, 0.1) is 12.8 Å². The number of rotatable bonds is 13. The largest absolute Gasteiger partial charge is 0.508 e. The van der Waals surface area contributed by atoms with Crippen LogP contribution in [0.15, 0.2) is 42.5 Å². The van der Waals surface area contributed by atoms with Crippen molar-refractivity contribution < 1.29 is 29.0 Å². The molecule has 2 unspecified atom stereocenters. The highest BCUT2D eigenvalue weighted by atomic mass is 16.6. The zero-order valence-electron chi connectivity index (χ0n) is 25.7. The van der Waals surface area contributed by atoms with Crippen LogP contribution in [0.1, 0.15) is 84.4 Å². The van der Waals surface area contributed by atoms with Gasteiger partial charge in [-0.15, -0.1) is 0 Å². The SMILES string of the molecule is CCCCCN(C(=O)C(CC(C)C)NC(=O)OC(C)(C)C)C(C(=O)Nc1ccc(OC)cc1)c1ccc(O)c(C)c1. The number of aryl methyl sites for hydroxylation is 1. The number of phenolic OH excluding ortho intramolecular Hbond substituents is 1. The summed E-state index contributed by atoms with van der Waals surface area (Å²) in [5.74, 6) is 0.0387. The maximum atomic E-state index is 14.3. The van der Waals surface area contributed by atoms with Crippen molar-refractivity contribution >= 4 is 23.6 Å². The van der Waals surface area contributed by atoms with Crippen molar-refractivity contribution in [2.24, 2.45) is 5.92 Å². The third-order valence-corrected chi connectivity index (χ3v) is 6.44. The van der Waals surface area contributed by atoms with E-state index in [9.17, 15) is 19.5 Å². The van der Waals surface area contributed by atoms with Gasteiger partial charge in [0.15, 0.2) is 0 Å². The maximum Gasteiger partial charge on any atom is 0.408 e. The summed E-state index contributed by atoms with van der Waals surface area (Å²) >= 11 is 0. The van der Waals surface area contributed by atoms with Gasteiger partial charge in [0.05, 0.1) is 7.11 Å². The van der Waals surface area contributed by atoms with Crippen LogP contribution in [0.3, 0.4) is 0 Å². The summed E-state index contributed by atoms with van der Waals surface area (Å²) in [7, 11) is 1.56. The van der Waals surface area contributed by atoms with Crippen LogP contribution in [-0.4, -0.2) is 53.2 Å². The van der Waals surface area contributed by atoms with Crippen molar-refractivity contribution in [3.63, 3.8) is 0 Å². The quantitative estimate of drug-likeness (QED) is 0.242. The summed E-state index contributed by atoms with van der Waals surface area (Å²) in [5.41, 5.74) is 0.941. The third kappa shape index (κ3) is 10.6. The van der Waals surface area contributed by atoms with Crippen molar-refractivity contribution in [2.45, 2.75) is 91.8 Å². The summed E-state index contributed by atoms with van der Waals surface area (Å²) in [6, 6.07) is 9.90. The molecule has 3 amide bonds. The van der Waals surface area contributed by atoms with E-state index in [1.54, 1.807) is 76.1 Å². The Hall–Kier alpha value is -3.75. The van der Waals surface area contributed by atoms with Gasteiger partial charge in [0, 0.05) is 12.2 Å². The summed E-state index contributed by atoms with van der Waals surface area (Å²) in [4.78, 5) is 42.6. The predicted octanol–water partition coefficient (Wildman–Crippen LogP) is 6.35. The number of hydrogen-bond donors (Lipinski definition) is 3. The first kappa shape index (κ1) is 33.5. The monoisotopic (exact) mass is 569 g/mol. The topological polar surface area (TPSA) is 117 Å². The molecule has 0 aliphatic carbocycles. The number of nitrogens with zero attached hydrogens (tertiary/aromatic N) is 1. The Morgan fingerprint density at radius 2 is 1.68 bits per heavy atom. The van der Waals surface area contributed by atoms with Gasteiger partial charge in [-0.05, 0) is 94.0 Å². The Morgan fingerprint density at radius 1 is 1.02 bits per heavy atom. The summed E-state index contributed by atoms with van der Waals surface area (Å²) in [6.45, 7) is 13.3. The van der Waals surface area contributed by atoms with E-state index in [1.165, 1.54) is 6.07 Å². The fourth-order valence-electron chi connectivity index (χ4n) is 4.45. The zero-order chi connectivity index (χ0) is 30.7. The van der Waals surface area contributed by atoms with E-state index >= 15 is 0 Å². The highest BCUT2D eigenvalue weighted by Crippen LogP contribution is 2.29. The first-order valence-electron chi connectivity index (χ1n) is 14.3. The molecule has 0 radical (unpaired) electrons. The van der Waals surface area contributed by atoms with Crippen LogP contribution in [0.2, 0.25) is 0 Å². The minimum absolute atomic E-state index is 0.0823. The number of carbonyl (C=O) groups is 3. The Kier molecular flexibility index (Phi) is 12.5. The van der Waals surface area contributed by atoms with Gasteiger partial charge in [0.1, 0.15) is 29.2 Å². The lowest BCUT2D eigenvalue weighted by molar-refractivity contribution is -0.141. The number of ether oxygens (including phenoxy) is 2. The van der Waals surface area contributed by atoms with Gasteiger partial charge in [-0.3, -0.25) is 9.59 Å². The van der Waals surface area contributed by atoms with Crippen molar-refractivity contribution in [3.05, 3.63) is 53.6 Å². The number of anilines is 1. The Bertz CT molecular complexity index is 1160. The lowest BCUT2D eigenvalue weighted by Gasteiger charge is -2.35. The van der Waals surface area contributed by atoms with E-state index in [4.69, 9.17) is 9.47 Å². The van der Waals surface area contributed by atoms with Crippen LogP contribution in [0.4, 0.5) is 10.5 Å². The number of phenols is 1. The number of benzene rings is 2. The second-order valence-electron chi connectivity index (χ2n) is 11.7. The second-order valence-corrected chi connectivity index (χ2v) is 11.7. The molecule has 0 aromatic heterocycles. The molecule has 3 N–H and O–H groups in total. The van der Waals surface area contributed by atoms with Gasteiger partial charge in [-0.2, -0.15) is 0 Å². The molecule has 2 aromatic carbocycles. The molecule has 0 saturated heterocycles. The average Bonchev–Trinajstić information content (AvgIpc) is 2.88. The van der Waals surface area contributed by atoms with Crippen LogP contribution < -0.4 is 15.4 Å². The normalized spacial score (nSPS) is 12.8. The number of hydrogen-bond acceptors (Lipinski definition) is 6. The molecule has 2 rings (SSSR count). The lowest BCUT2D eigenvalue weighted by Crippen LogP contribution is -2.53. The number of alkyl carbamates (subject to hydrolysis) is 1. The van der Waals surface area contributed by atoms with Crippen LogP contribution in [-0.2, 0) is 14.3 Å². The highest BCUT2D eigenvalue weighted by Gasteiger charge is 2.36. The number of methoxy groups -OCH3 is 1. The number of aromatic hydroxyl groups is 1. The molecular formula is C32H47N3O6. The molecule has 0 fully saturated rings. The van der Waals surface area contributed by atoms with Crippen LogP contribution in [0.5, 0.6) is 11.5 Å². The Balaban J connectivity index is 2.56. The Labute approximate surface area is 244 Å². The van der Waals surface area contributed by atoms with E-state index in [0.717, 1.165) is 12.8 Å². The molecule has 0 aliphatic heterocycles. The van der Waals surface area contributed by atoms with Crippen molar-refractivity contribution in [1.82, 2.24) is 10.2 Å². The molecule has 0 heterocycles. The summed E-state index contributed by atoms with van der Waals surface area (Å²) in [5, 5.41) is 15.9. The predicted molar refractivity (Wildman–Crippen MR) is 161 cm³/mol. The number of unbranched alkanes of at least 4 members (excludes halogenated alkanes) is 2. The average molecular weight is 570 g/mol. The molecule has 9 heteroatoms. The maximum absolute atomic E-state index is 14.3. The highest BCUT2D eigenvalue weighted by molar-refractivity contribution is 5.99. The molecule has 0 saturated carbocycles. The van der Waals surface area contributed by atoms with Gasteiger partial charge < -0.3 is 30.1 Å². The van der Waals surface area contributed by atoms with E-state index in [-0.39, 0.29) is 17.6 Å². The first-order valence-corrected chi connectivity index (χ1v) is 14.3. The molecular weight excluding hydrogens is 522 g/mol.